The van der Waals surface area contributed by atoms with Gasteiger partial charge in [0.05, 0.1) is 35.4 Å². The van der Waals surface area contributed by atoms with Crippen molar-refractivity contribution < 1.29 is 26.6 Å². The average Bonchev–Trinajstić information content (AvgIpc) is 3.57. The zero-order valence-electron chi connectivity index (χ0n) is 25.0. The van der Waals surface area contributed by atoms with Crippen molar-refractivity contribution in [2.24, 2.45) is 0 Å². The van der Waals surface area contributed by atoms with E-state index in [1.54, 1.807) is 49.4 Å². The van der Waals surface area contributed by atoms with E-state index >= 15 is 0 Å². The summed E-state index contributed by atoms with van der Waals surface area (Å²) in [6.45, 7) is 0.667. The summed E-state index contributed by atoms with van der Waals surface area (Å²) >= 11 is 0. The number of alkyl halides is 3. The Morgan fingerprint density at radius 3 is 2.49 bits per heavy atom. The molecular weight excluding hydrogens is 605 g/mol. The summed E-state index contributed by atoms with van der Waals surface area (Å²) in [4.78, 5) is 2.42. The van der Waals surface area contributed by atoms with Crippen LogP contribution in [0.4, 0.5) is 41.7 Å². The minimum Gasteiger partial charge on any atom is -0.495 e. The molecule has 234 valence electrons. The summed E-state index contributed by atoms with van der Waals surface area (Å²) in [7, 11) is 3.75. The Morgan fingerprint density at radius 2 is 1.82 bits per heavy atom. The van der Waals surface area contributed by atoms with Gasteiger partial charge in [0.25, 0.3) is 0 Å². The van der Waals surface area contributed by atoms with Crippen molar-refractivity contribution in [3.05, 3.63) is 84.3 Å². The number of nitrogens with zero attached hydrogens (tertiary/aromatic N) is 3. The Labute approximate surface area is 260 Å². The summed E-state index contributed by atoms with van der Waals surface area (Å²) in [5, 5.41) is 10.8. The molecule has 1 unspecified atom stereocenters. The molecule has 0 fully saturated rings. The zero-order chi connectivity index (χ0) is 32.1. The van der Waals surface area contributed by atoms with Crippen LogP contribution in [0.2, 0.25) is 0 Å². The standard InChI is InChI=1S/C32H31F3N6O3S/c1-21-17-31(38-44-21)39-45(42)25-14-15-28(30(19-25)43-4)36-16-6-7-24-18-26-27(37-22-10-12-23(13-11-22)40(2)3)8-5-9-29(26)41(24)20-32(33,34)35/h5,8-15,17-19,36-37H,16,20H2,1-4H3,(H,38,39). The lowest BCUT2D eigenvalue weighted by molar-refractivity contribution is -0.140. The van der Waals surface area contributed by atoms with Gasteiger partial charge in [-0.05, 0) is 67.4 Å². The smallest absolute Gasteiger partial charge is 0.406 e. The lowest BCUT2D eigenvalue weighted by Crippen LogP contribution is -2.18. The highest BCUT2D eigenvalue weighted by Gasteiger charge is 2.30. The fraction of sp³-hybridized carbons (Fsp3) is 0.219. The lowest BCUT2D eigenvalue weighted by Gasteiger charge is -2.14. The molecule has 0 saturated heterocycles. The summed E-state index contributed by atoms with van der Waals surface area (Å²) in [5.41, 5.74) is 3.73. The predicted octanol–water partition coefficient (Wildman–Crippen LogP) is 6.92. The van der Waals surface area contributed by atoms with Gasteiger partial charge in [0, 0.05) is 48.7 Å². The summed E-state index contributed by atoms with van der Waals surface area (Å²) in [6.07, 6.45) is -4.44. The van der Waals surface area contributed by atoms with Gasteiger partial charge >= 0.3 is 6.18 Å². The topological polar surface area (TPSA) is 96.6 Å². The van der Waals surface area contributed by atoms with Gasteiger partial charge in [-0.3, -0.25) is 4.72 Å². The number of hydrogen-bond acceptors (Lipinski definition) is 7. The molecule has 3 N–H and O–H groups in total. The highest BCUT2D eigenvalue weighted by atomic mass is 32.2. The maximum atomic E-state index is 13.6. The Bertz CT molecular complexity index is 1890. The third-order valence-electron chi connectivity index (χ3n) is 6.74. The molecule has 0 radical (unpaired) electrons. The summed E-state index contributed by atoms with van der Waals surface area (Å²) in [5.74, 6) is 7.17. The van der Waals surface area contributed by atoms with Crippen LogP contribution in [0.25, 0.3) is 10.9 Å². The molecule has 5 aromatic rings. The molecule has 0 aliphatic rings. The number of anilines is 5. The van der Waals surface area contributed by atoms with Gasteiger partial charge in [-0.15, -0.1) is 0 Å². The van der Waals surface area contributed by atoms with Crippen molar-refractivity contribution in [3.8, 4) is 17.6 Å². The second kappa shape index (κ2) is 13.3. The SMILES string of the molecule is COc1cc(S(=O)Nc2cc(C)on2)ccc1NCC#Cc1cc2c(Nc3ccc(N(C)C)cc3)cccc2n1CC(F)(F)F. The van der Waals surface area contributed by atoms with Gasteiger partial charge < -0.3 is 29.4 Å². The third-order valence-corrected chi connectivity index (χ3v) is 7.82. The van der Waals surface area contributed by atoms with Gasteiger partial charge in [-0.2, -0.15) is 13.2 Å². The second-order valence-electron chi connectivity index (χ2n) is 10.2. The van der Waals surface area contributed by atoms with Gasteiger partial charge in [0.1, 0.15) is 18.1 Å². The van der Waals surface area contributed by atoms with Crippen LogP contribution in [-0.4, -0.2) is 47.9 Å². The van der Waals surface area contributed by atoms with Gasteiger partial charge in [-0.1, -0.05) is 17.1 Å². The van der Waals surface area contributed by atoms with Gasteiger partial charge in [-0.25, -0.2) is 4.21 Å². The largest absolute Gasteiger partial charge is 0.495 e. The number of fused-ring (bicyclic) bond motifs is 1. The highest BCUT2D eigenvalue weighted by Crippen LogP contribution is 2.32. The number of nitrogens with one attached hydrogen (secondary N) is 3. The number of aryl methyl sites for hydroxylation is 1. The van der Waals surface area contributed by atoms with Crippen LogP contribution in [0.3, 0.4) is 0 Å². The number of halogens is 3. The van der Waals surface area contributed by atoms with E-state index in [1.165, 1.54) is 11.7 Å². The monoisotopic (exact) mass is 636 g/mol. The van der Waals surface area contributed by atoms with Crippen LogP contribution in [0.15, 0.2) is 82.2 Å². The Hall–Kier alpha value is -5.09. The molecule has 1 atom stereocenters. The summed E-state index contributed by atoms with van der Waals surface area (Å²) in [6, 6.07) is 21.2. The Balaban J connectivity index is 1.35. The van der Waals surface area contributed by atoms with Crippen LogP contribution >= 0.6 is 0 Å². The molecular formula is C32H31F3N6O3S. The fourth-order valence-electron chi connectivity index (χ4n) is 4.62. The number of benzene rings is 3. The molecule has 0 amide bonds. The first-order chi connectivity index (χ1) is 21.5. The van der Waals surface area contributed by atoms with E-state index in [0.29, 0.717) is 44.5 Å². The van der Waals surface area contributed by atoms with Crippen molar-refractivity contribution in [3.63, 3.8) is 0 Å². The number of methoxy groups -OCH3 is 1. The first-order valence-corrected chi connectivity index (χ1v) is 14.9. The van der Waals surface area contributed by atoms with E-state index in [0.717, 1.165) is 11.4 Å². The van der Waals surface area contributed by atoms with Crippen molar-refractivity contribution in [1.82, 2.24) is 9.72 Å². The molecule has 13 heteroatoms. The Kier molecular flexibility index (Phi) is 9.24. The number of hydrogen-bond donors (Lipinski definition) is 3. The van der Waals surface area contributed by atoms with Crippen molar-refractivity contribution in [1.29, 1.82) is 0 Å². The fourth-order valence-corrected chi connectivity index (χ4v) is 5.43. The van der Waals surface area contributed by atoms with Gasteiger partial charge in [0.15, 0.2) is 16.8 Å². The first kappa shape index (κ1) is 31.3. The van der Waals surface area contributed by atoms with Crippen LogP contribution < -0.4 is 25.0 Å². The highest BCUT2D eigenvalue weighted by molar-refractivity contribution is 7.86. The molecule has 2 aromatic heterocycles. The molecule has 0 aliphatic heterocycles. The molecule has 0 bridgehead atoms. The lowest BCUT2D eigenvalue weighted by atomic mass is 10.2. The minimum absolute atomic E-state index is 0.117. The van der Waals surface area contributed by atoms with Gasteiger partial charge in [0.2, 0.25) is 0 Å². The van der Waals surface area contributed by atoms with E-state index in [4.69, 9.17) is 9.26 Å². The number of ether oxygens (including phenoxy) is 1. The maximum Gasteiger partial charge on any atom is 0.406 e. The molecule has 9 nitrogen and oxygen atoms in total. The molecule has 0 aliphatic carbocycles. The predicted molar refractivity (Wildman–Crippen MR) is 172 cm³/mol. The number of aromatic nitrogens is 2. The molecule has 2 heterocycles. The Morgan fingerprint density at radius 1 is 1.04 bits per heavy atom. The molecule has 45 heavy (non-hydrogen) atoms. The molecule has 0 spiro atoms. The van der Waals surface area contributed by atoms with Crippen LogP contribution in [0, 0.1) is 18.8 Å². The van der Waals surface area contributed by atoms with E-state index in [2.05, 4.69) is 32.4 Å². The van der Waals surface area contributed by atoms with E-state index in [9.17, 15) is 17.4 Å². The second-order valence-corrected chi connectivity index (χ2v) is 11.5. The van der Waals surface area contributed by atoms with E-state index < -0.39 is 23.7 Å². The average molecular weight is 637 g/mol. The summed E-state index contributed by atoms with van der Waals surface area (Å²) < 4.78 is 68.0. The van der Waals surface area contributed by atoms with Crippen LogP contribution in [-0.2, 0) is 17.5 Å². The zero-order valence-corrected chi connectivity index (χ0v) is 25.8. The molecule has 0 saturated carbocycles. The normalized spacial score (nSPS) is 11.9. The van der Waals surface area contributed by atoms with Crippen molar-refractivity contribution in [2.75, 3.05) is 48.0 Å². The first-order valence-electron chi connectivity index (χ1n) is 13.8. The number of rotatable bonds is 10. The minimum atomic E-state index is -4.44. The molecule has 3 aromatic carbocycles. The van der Waals surface area contributed by atoms with E-state index in [1.807, 2.05) is 49.3 Å². The van der Waals surface area contributed by atoms with Crippen LogP contribution in [0.1, 0.15) is 11.5 Å². The third kappa shape index (κ3) is 7.71. The van der Waals surface area contributed by atoms with Crippen molar-refractivity contribution in [2.45, 2.75) is 24.5 Å². The molecule has 5 rings (SSSR count). The van der Waals surface area contributed by atoms with E-state index in [-0.39, 0.29) is 12.2 Å². The quantitative estimate of drug-likeness (QED) is 0.143. The van der Waals surface area contributed by atoms with Crippen LogP contribution in [0.5, 0.6) is 5.75 Å². The maximum absolute atomic E-state index is 13.6. The van der Waals surface area contributed by atoms with Crippen molar-refractivity contribution >= 4 is 50.5 Å².